The van der Waals surface area contributed by atoms with E-state index in [2.05, 4.69) is 0 Å². The third kappa shape index (κ3) is 7.23. The highest BCUT2D eigenvalue weighted by Gasteiger charge is 2.14. The lowest BCUT2D eigenvalue weighted by Crippen LogP contribution is -2.32. The number of nitrogens with two attached hydrogens (primary N) is 1. The van der Waals surface area contributed by atoms with E-state index in [-0.39, 0.29) is 25.1 Å². The molecule has 5 heteroatoms. The Kier molecular flexibility index (Phi) is 8.52. The number of carbonyl (C=O) groups excluding carboxylic acids is 2. The average Bonchev–Trinajstić information content (AvgIpc) is 2.25. The van der Waals surface area contributed by atoms with Gasteiger partial charge in [-0.2, -0.15) is 0 Å². The highest BCUT2D eigenvalue weighted by atomic mass is 16.6. The van der Waals surface area contributed by atoms with Crippen molar-refractivity contribution in [2.24, 2.45) is 5.73 Å². The predicted octanol–water partition coefficient (Wildman–Crippen LogP) is 1.00. The molecule has 0 aliphatic heterocycles. The lowest BCUT2D eigenvalue weighted by atomic mass is 10.3. The topological polar surface area (TPSA) is 78.6 Å². The normalized spacial score (nSPS) is 11.9. The molecule has 1 atom stereocenters. The van der Waals surface area contributed by atoms with Gasteiger partial charge < -0.3 is 15.2 Å². The number of ether oxygens (including phenoxy) is 2. The monoisotopic (exact) mass is 231 g/mol. The van der Waals surface area contributed by atoms with Crippen LogP contribution in [0.15, 0.2) is 0 Å². The van der Waals surface area contributed by atoms with Crippen LogP contribution in [-0.2, 0) is 19.1 Å². The van der Waals surface area contributed by atoms with Crippen LogP contribution >= 0.6 is 0 Å². The van der Waals surface area contributed by atoms with Crippen molar-refractivity contribution in [2.75, 3.05) is 13.2 Å². The Morgan fingerprint density at radius 1 is 1.12 bits per heavy atom. The van der Waals surface area contributed by atoms with Crippen LogP contribution in [0.4, 0.5) is 0 Å². The van der Waals surface area contributed by atoms with Crippen LogP contribution in [-0.4, -0.2) is 31.2 Å². The van der Waals surface area contributed by atoms with E-state index >= 15 is 0 Å². The molecule has 0 heterocycles. The van der Waals surface area contributed by atoms with Gasteiger partial charge in [0.2, 0.25) is 0 Å². The molecule has 0 radical (unpaired) electrons. The molecule has 0 aromatic rings. The maximum atomic E-state index is 11.2. The molecule has 0 saturated heterocycles. The lowest BCUT2D eigenvalue weighted by molar-refractivity contribution is -0.158. The first-order valence-electron chi connectivity index (χ1n) is 5.69. The van der Waals surface area contributed by atoms with Crippen molar-refractivity contribution < 1.29 is 19.1 Å². The summed E-state index contributed by atoms with van der Waals surface area (Å²) >= 11 is 0. The van der Waals surface area contributed by atoms with E-state index in [9.17, 15) is 9.59 Å². The SMILES string of the molecule is CCCC(=O)OCC(CN)OC(=O)CCC. The molecule has 2 N–H and O–H groups in total. The van der Waals surface area contributed by atoms with Crippen LogP contribution in [0.2, 0.25) is 0 Å². The molecule has 0 saturated carbocycles. The molecule has 94 valence electrons. The second-order valence-electron chi connectivity index (χ2n) is 3.53. The van der Waals surface area contributed by atoms with E-state index in [0.29, 0.717) is 12.8 Å². The Morgan fingerprint density at radius 2 is 1.69 bits per heavy atom. The van der Waals surface area contributed by atoms with E-state index in [0.717, 1.165) is 12.8 Å². The van der Waals surface area contributed by atoms with Gasteiger partial charge in [-0.3, -0.25) is 9.59 Å². The van der Waals surface area contributed by atoms with Gasteiger partial charge in [-0.25, -0.2) is 0 Å². The molecule has 0 bridgehead atoms. The van der Waals surface area contributed by atoms with Crippen LogP contribution in [0, 0.1) is 0 Å². The van der Waals surface area contributed by atoms with Crippen molar-refractivity contribution in [3.63, 3.8) is 0 Å². The van der Waals surface area contributed by atoms with Gasteiger partial charge in [0.05, 0.1) is 0 Å². The van der Waals surface area contributed by atoms with Crippen molar-refractivity contribution in [2.45, 2.75) is 45.6 Å². The quantitative estimate of drug-likeness (QED) is 0.630. The Morgan fingerprint density at radius 3 is 2.19 bits per heavy atom. The first-order chi connectivity index (χ1) is 7.63. The third-order valence-electron chi connectivity index (χ3n) is 1.90. The zero-order valence-corrected chi connectivity index (χ0v) is 10.0. The molecular weight excluding hydrogens is 210 g/mol. The number of esters is 2. The number of carbonyl (C=O) groups is 2. The van der Waals surface area contributed by atoms with Gasteiger partial charge in [-0.1, -0.05) is 13.8 Å². The van der Waals surface area contributed by atoms with E-state index in [1.807, 2.05) is 13.8 Å². The molecule has 0 amide bonds. The van der Waals surface area contributed by atoms with Gasteiger partial charge in [0.1, 0.15) is 12.7 Å². The summed E-state index contributed by atoms with van der Waals surface area (Å²) in [5.41, 5.74) is 5.41. The van der Waals surface area contributed by atoms with Crippen LogP contribution in [0.1, 0.15) is 39.5 Å². The van der Waals surface area contributed by atoms with Gasteiger partial charge in [0, 0.05) is 19.4 Å². The number of hydrogen-bond acceptors (Lipinski definition) is 5. The zero-order valence-electron chi connectivity index (χ0n) is 10.0. The Hall–Kier alpha value is -1.10. The lowest BCUT2D eigenvalue weighted by Gasteiger charge is -2.15. The van der Waals surface area contributed by atoms with Crippen LogP contribution < -0.4 is 5.73 Å². The van der Waals surface area contributed by atoms with E-state index in [1.54, 1.807) is 0 Å². The molecule has 1 unspecified atom stereocenters. The van der Waals surface area contributed by atoms with Crippen molar-refractivity contribution >= 4 is 11.9 Å². The molecule has 0 rings (SSSR count). The van der Waals surface area contributed by atoms with E-state index < -0.39 is 6.10 Å². The minimum absolute atomic E-state index is 0.0464. The highest BCUT2D eigenvalue weighted by molar-refractivity contribution is 5.70. The van der Waals surface area contributed by atoms with E-state index in [4.69, 9.17) is 15.2 Å². The third-order valence-corrected chi connectivity index (χ3v) is 1.90. The van der Waals surface area contributed by atoms with Crippen molar-refractivity contribution in [3.8, 4) is 0 Å². The van der Waals surface area contributed by atoms with Crippen LogP contribution in [0.5, 0.6) is 0 Å². The first-order valence-corrected chi connectivity index (χ1v) is 5.69. The molecule has 0 aliphatic carbocycles. The Balaban J connectivity index is 3.82. The predicted molar refractivity (Wildman–Crippen MR) is 59.7 cm³/mol. The summed E-state index contributed by atoms with van der Waals surface area (Å²) in [6.07, 6.45) is 1.67. The highest BCUT2D eigenvalue weighted by Crippen LogP contribution is 1.99. The summed E-state index contributed by atoms with van der Waals surface area (Å²) < 4.78 is 9.95. The number of hydrogen-bond donors (Lipinski definition) is 1. The molecule has 0 fully saturated rings. The van der Waals surface area contributed by atoms with Gasteiger partial charge >= 0.3 is 11.9 Å². The smallest absolute Gasteiger partial charge is 0.306 e. The maximum Gasteiger partial charge on any atom is 0.306 e. The summed E-state index contributed by atoms with van der Waals surface area (Å²) in [4.78, 5) is 22.2. The van der Waals surface area contributed by atoms with Gasteiger partial charge in [-0.05, 0) is 12.8 Å². The second kappa shape index (κ2) is 9.15. The van der Waals surface area contributed by atoms with E-state index in [1.165, 1.54) is 0 Å². The minimum atomic E-state index is -0.528. The standard InChI is InChI=1S/C11H21NO4/c1-3-5-10(13)15-8-9(7-12)16-11(14)6-4-2/h9H,3-8,12H2,1-2H3. The Bertz CT molecular complexity index is 218. The summed E-state index contributed by atoms with van der Waals surface area (Å²) in [6, 6.07) is 0. The van der Waals surface area contributed by atoms with Crippen molar-refractivity contribution in [1.29, 1.82) is 0 Å². The summed E-state index contributed by atoms with van der Waals surface area (Å²) in [5.74, 6) is -0.586. The van der Waals surface area contributed by atoms with Crippen molar-refractivity contribution in [1.82, 2.24) is 0 Å². The van der Waals surface area contributed by atoms with Gasteiger partial charge in [0.15, 0.2) is 0 Å². The molecule has 0 aromatic heterocycles. The van der Waals surface area contributed by atoms with Crippen LogP contribution in [0.3, 0.4) is 0 Å². The van der Waals surface area contributed by atoms with Crippen LogP contribution in [0.25, 0.3) is 0 Å². The van der Waals surface area contributed by atoms with Gasteiger partial charge in [-0.15, -0.1) is 0 Å². The molecule has 16 heavy (non-hydrogen) atoms. The second-order valence-corrected chi connectivity index (χ2v) is 3.53. The summed E-state index contributed by atoms with van der Waals surface area (Å²) in [5, 5.41) is 0. The fraction of sp³-hybridized carbons (Fsp3) is 0.818. The Labute approximate surface area is 96.3 Å². The summed E-state index contributed by atoms with van der Waals surface area (Å²) in [6.45, 7) is 3.99. The minimum Gasteiger partial charge on any atom is -0.462 e. The fourth-order valence-corrected chi connectivity index (χ4v) is 1.06. The maximum absolute atomic E-state index is 11.2. The molecule has 0 aromatic carbocycles. The molecule has 0 spiro atoms. The first kappa shape index (κ1) is 14.9. The molecule has 5 nitrogen and oxygen atoms in total. The van der Waals surface area contributed by atoms with Crippen molar-refractivity contribution in [3.05, 3.63) is 0 Å². The molecular formula is C11H21NO4. The average molecular weight is 231 g/mol. The largest absolute Gasteiger partial charge is 0.462 e. The number of rotatable bonds is 8. The molecule has 0 aliphatic rings. The fourth-order valence-electron chi connectivity index (χ4n) is 1.06. The summed E-state index contributed by atoms with van der Waals surface area (Å²) in [7, 11) is 0. The van der Waals surface area contributed by atoms with Gasteiger partial charge in [0.25, 0.3) is 0 Å². The zero-order chi connectivity index (χ0) is 12.4.